The van der Waals surface area contributed by atoms with E-state index in [1.807, 2.05) is 73.2 Å². The molecule has 0 saturated carbocycles. The molecule has 3 aromatic carbocycles. The fourth-order valence-corrected chi connectivity index (χ4v) is 10.2. The molecule has 13 heteroatoms. The van der Waals surface area contributed by atoms with Gasteiger partial charge >= 0.3 is 5.97 Å². The highest BCUT2D eigenvalue weighted by Gasteiger charge is 2.39. The van der Waals surface area contributed by atoms with E-state index in [1.54, 1.807) is 0 Å². The van der Waals surface area contributed by atoms with E-state index in [0.717, 1.165) is 83.0 Å². The van der Waals surface area contributed by atoms with Gasteiger partial charge < -0.3 is 27.9 Å². The minimum Gasteiger partial charge on any atom is -0.494 e. The first-order valence-electron chi connectivity index (χ1n) is 21.1. The fraction of sp³-hybridized carbons (Fsp3) is 0.438. The molecule has 3 aromatic heterocycles. The predicted molar refractivity (Wildman–Crippen MR) is 251 cm³/mol. The highest BCUT2D eigenvalue weighted by Crippen LogP contribution is 2.46. The number of rotatable bonds is 12. The number of carbonyl (C=O) groups is 2. The number of halogens is 2. The molecule has 1 amide bonds. The third-order valence-corrected chi connectivity index (χ3v) is 18.4. The molecule has 0 spiro atoms. The van der Waals surface area contributed by atoms with E-state index in [9.17, 15) is 4.79 Å². The number of amides is 1. The van der Waals surface area contributed by atoms with E-state index in [0.29, 0.717) is 55.6 Å². The molecule has 324 valence electrons. The highest BCUT2D eigenvalue weighted by atomic mass is 35.5. The molecule has 0 aliphatic carbocycles. The van der Waals surface area contributed by atoms with Crippen LogP contribution in [0.3, 0.4) is 0 Å². The van der Waals surface area contributed by atoms with Crippen molar-refractivity contribution >= 4 is 70.9 Å². The molecular formula is C48H59Cl2N5O5Si. The van der Waals surface area contributed by atoms with Gasteiger partial charge in [-0.3, -0.25) is 9.48 Å². The number of benzene rings is 3. The number of carbonyl (C=O) groups excluding carboxylic acids is 2. The Morgan fingerprint density at radius 2 is 1.64 bits per heavy atom. The smallest absolute Gasteiger partial charge is 0.354 e. The lowest BCUT2D eigenvalue weighted by atomic mass is 9.98. The van der Waals surface area contributed by atoms with E-state index >= 15 is 4.79 Å². The van der Waals surface area contributed by atoms with Crippen LogP contribution >= 0.6 is 23.2 Å². The molecule has 10 nitrogen and oxygen atoms in total. The van der Waals surface area contributed by atoms with Gasteiger partial charge in [0.25, 0.3) is 5.91 Å². The Balaban J connectivity index is 1.38. The molecule has 0 bridgehead atoms. The van der Waals surface area contributed by atoms with E-state index in [4.69, 9.17) is 42.2 Å². The zero-order valence-electron chi connectivity index (χ0n) is 37.9. The van der Waals surface area contributed by atoms with Gasteiger partial charge in [0, 0.05) is 58.8 Å². The number of hydrogen-bond acceptors (Lipinski definition) is 6. The summed E-state index contributed by atoms with van der Waals surface area (Å²) < 4.78 is 24.3. The summed E-state index contributed by atoms with van der Waals surface area (Å²) in [7, 11) is 1.24. The normalized spacial score (nSPS) is 14.7. The van der Waals surface area contributed by atoms with Crippen molar-refractivity contribution in [3.63, 3.8) is 0 Å². The first-order valence-corrected chi connectivity index (χ1v) is 24.8. The highest BCUT2D eigenvalue weighted by molar-refractivity contribution is 6.74. The van der Waals surface area contributed by atoms with Crippen molar-refractivity contribution in [1.82, 2.24) is 18.9 Å². The van der Waals surface area contributed by atoms with Crippen LogP contribution in [-0.2, 0) is 29.2 Å². The molecule has 1 atom stereocenters. The number of esters is 1. The van der Waals surface area contributed by atoms with Crippen LogP contribution < -0.4 is 9.64 Å². The Hall–Kier alpha value is -4.55. The summed E-state index contributed by atoms with van der Waals surface area (Å²) in [6.45, 7) is 25.0. The molecular weight excluding hydrogens is 826 g/mol. The molecule has 61 heavy (non-hydrogen) atoms. The topological polar surface area (TPSA) is 92.8 Å². The van der Waals surface area contributed by atoms with Gasteiger partial charge in [-0.2, -0.15) is 5.10 Å². The van der Waals surface area contributed by atoms with Crippen LogP contribution in [0.1, 0.15) is 94.8 Å². The second-order valence-corrected chi connectivity index (χ2v) is 23.9. The molecule has 7 rings (SSSR count). The Morgan fingerprint density at radius 3 is 2.26 bits per heavy atom. The molecule has 1 aliphatic heterocycles. The van der Waals surface area contributed by atoms with Crippen LogP contribution in [0.25, 0.3) is 32.9 Å². The van der Waals surface area contributed by atoms with Crippen LogP contribution in [0.4, 0.5) is 5.69 Å². The fourth-order valence-electron chi connectivity index (χ4n) is 8.79. The van der Waals surface area contributed by atoms with Crippen molar-refractivity contribution in [2.75, 3.05) is 31.8 Å². The Morgan fingerprint density at radius 1 is 0.951 bits per heavy atom. The lowest BCUT2D eigenvalue weighted by Crippen LogP contribution is -2.43. The van der Waals surface area contributed by atoms with E-state index in [1.165, 1.54) is 7.11 Å². The van der Waals surface area contributed by atoms with Crippen molar-refractivity contribution in [3.8, 4) is 16.9 Å². The van der Waals surface area contributed by atoms with Crippen molar-refractivity contribution in [2.24, 2.45) is 7.05 Å². The minimum atomic E-state index is -2.10. The summed E-state index contributed by atoms with van der Waals surface area (Å²) in [6, 6.07) is 13.8. The van der Waals surface area contributed by atoms with Gasteiger partial charge in [0.05, 0.1) is 47.8 Å². The zero-order chi connectivity index (χ0) is 44.5. The lowest BCUT2D eigenvalue weighted by Gasteiger charge is -2.36. The third-order valence-electron chi connectivity index (χ3n) is 12.9. The molecule has 0 unspecified atom stereocenters. The summed E-state index contributed by atoms with van der Waals surface area (Å²) in [5.74, 6) is 0.209. The largest absolute Gasteiger partial charge is 0.494 e. The van der Waals surface area contributed by atoms with Crippen LogP contribution in [0.5, 0.6) is 5.75 Å². The maximum atomic E-state index is 15.6. The van der Waals surface area contributed by atoms with Crippen LogP contribution in [0.2, 0.25) is 28.2 Å². The van der Waals surface area contributed by atoms with Gasteiger partial charge in [0.1, 0.15) is 17.1 Å². The number of ether oxygens (including phenoxy) is 2. The maximum Gasteiger partial charge on any atom is 0.354 e. The molecule has 6 aromatic rings. The summed E-state index contributed by atoms with van der Waals surface area (Å²) in [6.07, 6.45) is 1.24. The average Bonchev–Trinajstić information content (AvgIpc) is 3.80. The SMILES string of the molecule is COC(=O)c1cc2cc(C)cc(N3C[C@@H](C)n4c(c(CCCOc5cc(C)c(Cl)c(C)c5)c5ccc(Cl)c(-c6c(C)nn(C)c6C)c54)C3=O)c2n1CCO[Si](C)(C)C(C)(C)C. The number of hydrogen-bond donors (Lipinski definition) is 0. The standard InChI is InChI=1S/C48H59Cl2N5O5Si/c1-27-21-33-25-39(47(57)58-11)53(18-20-60-61(12,13)48(7,8)9)43(33)38(22-27)54-26-30(4)55-44-36(16-17-37(49)41(44)40-31(5)51-52(10)32(40)6)35(45(55)46(54)56)15-14-19-59-34-23-28(2)42(50)29(3)24-34/h16-17,21-25,30H,14-15,18-20,26H2,1-13H3/t30-/m1/s1. The molecule has 0 fully saturated rings. The van der Waals surface area contributed by atoms with Gasteiger partial charge in [-0.1, -0.05) is 50.0 Å². The van der Waals surface area contributed by atoms with E-state index in [2.05, 4.69) is 70.5 Å². The molecule has 4 heterocycles. The molecule has 0 radical (unpaired) electrons. The van der Waals surface area contributed by atoms with Gasteiger partial charge in [-0.15, -0.1) is 0 Å². The minimum absolute atomic E-state index is 0.0181. The second-order valence-electron chi connectivity index (χ2n) is 18.3. The first kappa shape index (κ1) is 44.5. The van der Waals surface area contributed by atoms with Gasteiger partial charge in [-0.25, -0.2) is 4.79 Å². The van der Waals surface area contributed by atoms with Crippen LogP contribution in [0.15, 0.2) is 42.5 Å². The lowest BCUT2D eigenvalue weighted by molar-refractivity contribution is 0.0588. The van der Waals surface area contributed by atoms with Crippen molar-refractivity contribution in [2.45, 2.75) is 106 Å². The summed E-state index contributed by atoms with van der Waals surface area (Å²) in [5, 5.41) is 7.96. The Labute approximate surface area is 370 Å². The van der Waals surface area contributed by atoms with Crippen molar-refractivity contribution in [1.29, 1.82) is 0 Å². The van der Waals surface area contributed by atoms with Crippen molar-refractivity contribution in [3.05, 3.63) is 97.5 Å². The van der Waals surface area contributed by atoms with Gasteiger partial charge in [0.2, 0.25) is 0 Å². The number of aryl methyl sites for hydroxylation is 6. The zero-order valence-corrected chi connectivity index (χ0v) is 40.4. The number of anilines is 1. The predicted octanol–water partition coefficient (Wildman–Crippen LogP) is 11.9. The second kappa shape index (κ2) is 16.6. The van der Waals surface area contributed by atoms with Crippen molar-refractivity contribution < 1.29 is 23.5 Å². The number of nitrogens with zero attached hydrogens (tertiary/aromatic N) is 5. The Bertz CT molecular complexity index is 2700. The van der Waals surface area contributed by atoms with Crippen LogP contribution in [0, 0.1) is 34.6 Å². The molecule has 1 aliphatic rings. The first-order chi connectivity index (χ1) is 28.7. The third kappa shape index (κ3) is 7.92. The number of fused-ring (bicyclic) bond motifs is 4. The van der Waals surface area contributed by atoms with Gasteiger partial charge in [-0.05, 0) is 131 Å². The summed E-state index contributed by atoms with van der Waals surface area (Å²) >= 11 is 13.7. The quantitative estimate of drug-likeness (QED) is 0.0690. The Kier molecular flexibility index (Phi) is 12.1. The monoisotopic (exact) mass is 883 g/mol. The summed E-state index contributed by atoms with van der Waals surface area (Å²) in [5.41, 5.74) is 11.1. The average molecular weight is 885 g/mol. The van der Waals surface area contributed by atoms with E-state index in [-0.39, 0.29) is 17.0 Å². The summed E-state index contributed by atoms with van der Waals surface area (Å²) in [4.78, 5) is 30.9. The van der Waals surface area contributed by atoms with E-state index < -0.39 is 14.3 Å². The number of aromatic nitrogens is 4. The van der Waals surface area contributed by atoms with Gasteiger partial charge in [0.15, 0.2) is 8.32 Å². The molecule has 0 N–H and O–H groups in total. The van der Waals surface area contributed by atoms with Crippen LogP contribution in [-0.4, -0.2) is 66.0 Å². The molecule has 0 saturated heterocycles. The maximum absolute atomic E-state index is 15.6. The number of methoxy groups -OCH3 is 1.